The zero-order valence-corrected chi connectivity index (χ0v) is 13.0. The van der Waals surface area contributed by atoms with Gasteiger partial charge in [-0.2, -0.15) is 0 Å². The third kappa shape index (κ3) is 3.73. The Balaban J connectivity index is 2.08. The molecule has 6 heteroatoms. The fourth-order valence-electron chi connectivity index (χ4n) is 2.76. The molecule has 1 fully saturated rings. The third-order valence-electron chi connectivity index (χ3n) is 3.78. The highest BCUT2D eigenvalue weighted by Crippen LogP contribution is 2.32. The van der Waals surface area contributed by atoms with Crippen molar-refractivity contribution in [3.05, 3.63) is 29.3 Å². The average molecular weight is 318 g/mol. The fourth-order valence-corrected chi connectivity index (χ4v) is 4.40. The van der Waals surface area contributed by atoms with Crippen molar-refractivity contribution in [3.63, 3.8) is 0 Å². The topological polar surface area (TPSA) is 66.4 Å². The standard InChI is InChI=1S/C14H20ClNO3S/c1-11-5-4-8-14(17,9-11)10-16-20(18,19)13-7-3-2-6-12(13)15/h2-3,6-7,11,16-17H,4-5,8-10H2,1H3. The molecule has 0 spiro atoms. The molecule has 1 aromatic rings. The van der Waals surface area contributed by atoms with Gasteiger partial charge in [-0.05, 0) is 30.9 Å². The summed E-state index contributed by atoms with van der Waals surface area (Å²) in [6.45, 7) is 2.11. The second-order valence-electron chi connectivity index (χ2n) is 5.68. The van der Waals surface area contributed by atoms with E-state index in [-0.39, 0.29) is 16.5 Å². The first-order valence-corrected chi connectivity index (χ1v) is 8.65. The molecule has 1 aliphatic carbocycles. The lowest BCUT2D eigenvalue weighted by Crippen LogP contribution is -2.45. The van der Waals surface area contributed by atoms with Crippen molar-refractivity contribution in [1.29, 1.82) is 0 Å². The summed E-state index contributed by atoms with van der Waals surface area (Å²) in [5.41, 5.74) is -0.952. The van der Waals surface area contributed by atoms with Crippen LogP contribution in [0.5, 0.6) is 0 Å². The van der Waals surface area contributed by atoms with Gasteiger partial charge >= 0.3 is 0 Å². The molecule has 0 saturated heterocycles. The molecule has 2 N–H and O–H groups in total. The number of nitrogens with one attached hydrogen (secondary N) is 1. The molecule has 112 valence electrons. The molecule has 0 aliphatic heterocycles. The second-order valence-corrected chi connectivity index (χ2v) is 7.82. The van der Waals surface area contributed by atoms with Gasteiger partial charge in [0.1, 0.15) is 4.90 Å². The van der Waals surface area contributed by atoms with Crippen molar-refractivity contribution >= 4 is 21.6 Å². The van der Waals surface area contributed by atoms with Crippen LogP contribution in [0.2, 0.25) is 5.02 Å². The maximum Gasteiger partial charge on any atom is 0.242 e. The van der Waals surface area contributed by atoms with Crippen LogP contribution in [0.15, 0.2) is 29.2 Å². The van der Waals surface area contributed by atoms with Crippen molar-refractivity contribution in [2.75, 3.05) is 6.54 Å². The first-order chi connectivity index (χ1) is 9.32. The Kier molecular flexibility index (Phi) is 4.74. The van der Waals surface area contributed by atoms with E-state index in [1.165, 1.54) is 12.1 Å². The van der Waals surface area contributed by atoms with Crippen molar-refractivity contribution < 1.29 is 13.5 Å². The van der Waals surface area contributed by atoms with Gasteiger partial charge in [0.25, 0.3) is 0 Å². The van der Waals surface area contributed by atoms with Gasteiger partial charge in [-0.1, -0.05) is 43.5 Å². The van der Waals surface area contributed by atoms with Crippen LogP contribution in [0.1, 0.15) is 32.6 Å². The summed E-state index contributed by atoms with van der Waals surface area (Å²) < 4.78 is 26.9. The Morgan fingerprint density at radius 3 is 2.80 bits per heavy atom. The Bertz CT molecular complexity index is 576. The Morgan fingerprint density at radius 2 is 2.15 bits per heavy atom. The number of benzene rings is 1. The molecule has 4 nitrogen and oxygen atoms in total. The van der Waals surface area contributed by atoms with E-state index in [0.29, 0.717) is 18.8 Å². The SMILES string of the molecule is CC1CCCC(O)(CNS(=O)(=O)c2ccccc2Cl)C1. The first kappa shape index (κ1) is 15.8. The predicted molar refractivity (Wildman–Crippen MR) is 79.2 cm³/mol. The smallest absolute Gasteiger partial charge is 0.242 e. The van der Waals surface area contributed by atoms with Crippen molar-refractivity contribution in [2.45, 2.75) is 43.1 Å². The van der Waals surface area contributed by atoms with Gasteiger partial charge in [0, 0.05) is 6.54 Å². The highest BCUT2D eigenvalue weighted by Gasteiger charge is 2.34. The van der Waals surface area contributed by atoms with Crippen molar-refractivity contribution in [2.24, 2.45) is 5.92 Å². The Morgan fingerprint density at radius 1 is 1.45 bits per heavy atom. The van der Waals surface area contributed by atoms with E-state index in [1.807, 2.05) is 0 Å². The van der Waals surface area contributed by atoms with Crippen LogP contribution in [0, 0.1) is 5.92 Å². The van der Waals surface area contributed by atoms with Crippen molar-refractivity contribution in [1.82, 2.24) is 4.72 Å². The van der Waals surface area contributed by atoms with Gasteiger partial charge in [0.15, 0.2) is 0 Å². The number of sulfonamides is 1. The van der Waals surface area contributed by atoms with Crippen molar-refractivity contribution in [3.8, 4) is 0 Å². The Labute approximate surface area is 125 Å². The quantitative estimate of drug-likeness (QED) is 0.897. The minimum atomic E-state index is -3.69. The molecule has 2 atom stereocenters. The molecule has 0 amide bonds. The van der Waals surface area contributed by atoms with Crippen LogP contribution in [-0.4, -0.2) is 25.7 Å². The molecule has 1 aromatic carbocycles. The molecule has 0 bridgehead atoms. The highest BCUT2D eigenvalue weighted by atomic mass is 35.5. The van der Waals surface area contributed by atoms with E-state index in [4.69, 9.17) is 11.6 Å². The van der Waals surface area contributed by atoms with E-state index >= 15 is 0 Å². The third-order valence-corrected chi connectivity index (χ3v) is 5.69. The minimum Gasteiger partial charge on any atom is -0.389 e. The number of rotatable bonds is 4. The lowest BCUT2D eigenvalue weighted by Gasteiger charge is -2.35. The van der Waals surface area contributed by atoms with Gasteiger partial charge in [0.2, 0.25) is 10.0 Å². The number of halogens is 1. The van der Waals surface area contributed by atoms with Crippen LogP contribution in [0.4, 0.5) is 0 Å². The molecular formula is C14H20ClNO3S. The number of hydrogen-bond donors (Lipinski definition) is 2. The van der Waals surface area contributed by atoms with E-state index in [0.717, 1.165) is 12.8 Å². The summed E-state index contributed by atoms with van der Waals surface area (Å²) in [7, 11) is -3.69. The largest absolute Gasteiger partial charge is 0.389 e. The lowest BCUT2D eigenvalue weighted by atomic mass is 9.79. The van der Waals surface area contributed by atoms with E-state index in [9.17, 15) is 13.5 Å². The van der Waals surface area contributed by atoms with Crippen LogP contribution in [-0.2, 0) is 10.0 Å². The number of aliphatic hydroxyl groups is 1. The summed E-state index contributed by atoms with van der Waals surface area (Å²) in [5, 5.41) is 10.6. The van der Waals surface area contributed by atoms with Crippen LogP contribution >= 0.6 is 11.6 Å². The summed E-state index contributed by atoms with van der Waals surface area (Å²) >= 11 is 5.91. The molecule has 0 heterocycles. The van der Waals surface area contributed by atoms with E-state index < -0.39 is 15.6 Å². The number of hydrogen-bond acceptors (Lipinski definition) is 3. The molecule has 20 heavy (non-hydrogen) atoms. The summed E-state index contributed by atoms with van der Waals surface area (Å²) in [4.78, 5) is 0.0501. The predicted octanol–water partition coefficient (Wildman–Crippen LogP) is 2.56. The highest BCUT2D eigenvalue weighted by molar-refractivity contribution is 7.89. The zero-order valence-electron chi connectivity index (χ0n) is 11.5. The molecule has 1 saturated carbocycles. The van der Waals surface area contributed by atoms with E-state index in [1.54, 1.807) is 12.1 Å². The summed E-state index contributed by atoms with van der Waals surface area (Å²) in [6.07, 6.45) is 3.26. The first-order valence-electron chi connectivity index (χ1n) is 6.79. The summed E-state index contributed by atoms with van der Waals surface area (Å²) in [6, 6.07) is 6.29. The van der Waals surface area contributed by atoms with Crippen LogP contribution in [0.3, 0.4) is 0 Å². The maximum atomic E-state index is 12.2. The normalized spacial score (nSPS) is 27.4. The van der Waals surface area contributed by atoms with Gasteiger partial charge in [-0.15, -0.1) is 0 Å². The van der Waals surface area contributed by atoms with E-state index in [2.05, 4.69) is 11.6 Å². The minimum absolute atomic E-state index is 0.0326. The lowest BCUT2D eigenvalue weighted by molar-refractivity contribution is -0.00751. The fraction of sp³-hybridized carbons (Fsp3) is 0.571. The van der Waals surface area contributed by atoms with Crippen LogP contribution < -0.4 is 4.72 Å². The monoisotopic (exact) mass is 317 g/mol. The van der Waals surface area contributed by atoms with Crippen LogP contribution in [0.25, 0.3) is 0 Å². The molecule has 2 rings (SSSR count). The second kappa shape index (κ2) is 6.02. The maximum absolute atomic E-state index is 12.2. The van der Waals surface area contributed by atoms with Gasteiger partial charge in [-0.3, -0.25) is 0 Å². The molecule has 0 aromatic heterocycles. The molecule has 0 radical (unpaired) electrons. The molecule has 2 unspecified atom stereocenters. The van der Waals surface area contributed by atoms with Gasteiger partial charge < -0.3 is 5.11 Å². The average Bonchev–Trinajstić information content (AvgIpc) is 2.37. The van der Waals surface area contributed by atoms with Gasteiger partial charge in [-0.25, -0.2) is 13.1 Å². The molecule has 1 aliphatic rings. The summed E-state index contributed by atoms with van der Waals surface area (Å²) in [5.74, 6) is 0.415. The zero-order chi connectivity index (χ0) is 14.8. The Hall–Kier alpha value is -0.620. The van der Waals surface area contributed by atoms with Gasteiger partial charge in [0.05, 0.1) is 10.6 Å². The molecular weight excluding hydrogens is 298 g/mol.